The molecule has 13 heteroatoms. The summed E-state index contributed by atoms with van der Waals surface area (Å²) in [5.41, 5.74) is 10.9. The van der Waals surface area contributed by atoms with Crippen molar-refractivity contribution in [2.75, 3.05) is 41.0 Å². The fourth-order valence-corrected chi connectivity index (χ4v) is 6.31. The Labute approximate surface area is 265 Å². The molecule has 5 heterocycles. The minimum atomic E-state index is -0.370. The predicted octanol–water partition coefficient (Wildman–Crippen LogP) is 4.30. The van der Waals surface area contributed by atoms with Gasteiger partial charge in [-0.3, -0.25) is 24.4 Å². The first kappa shape index (κ1) is 30.3. The highest BCUT2D eigenvalue weighted by atomic mass is 35.5. The van der Waals surface area contributed by atoms with Gasteiger partial charge in [0.25, 0.3) is 0 Å². The van der Waals surface area contributed by atoms with E-state index in [0.29, 0.717) is 53.4 Å². The van der Waals surface area contributed by atoms with E-state index in [2.05, 4.69) is 37.5 Å². The highest BCUT2D eigenvalue weighted by Crippen LogP contribution is 2.33. The van der Waals surface area contributed by atoms with Crippen molar-refractivity contribution in [3.63, 3.8) is 0 Å². The third kappa shape index (κ3) is 6.28. The number of hydrogen-bond donors (Lipinski definition) is 3. The van der Waals surface area contributed by atoms with E-state index in [1.807, 2.05) is 37.4 Å². The molecule has 4 N–H and O–H groups in total. The number of rotatable bonds is 4. The molecule has 7 rings (SSSR count). The number of aromatic nitrogens is 4. The molecule has 2 saturated heterocycles. The molecule has 3 aliphatic rings. The minimum absolute atomic E-state index is 0.110. The first-order valence-electron chi connectivity index (χ1n) is 15.1. The number of hydrogen-bond acceptors (Lipinski definition) is 9. The van der Waals surface area contributed by atoms with Crippen LogP contribution in [0.1, 0.15) is 49.8 Å². The minimum Gasteiger partial charge on any atom is -0.399 e. The van der Waals surface area contributed by atoms with Crippen molar-refractivity contribution >= 4 is 69.1 Å². The molecule has 0 aliphatic carbocycles. The van der Waals surface area contributed by atoms with Crippen LogP contribution in [-0.2, 0) is 27.9 Å². The van der Waals surface area contributed by atoms with Gasteiger partial charge in [-0.2, -0.15) is 10.1 Å². The van der Waals surface area contributed by atoms with Crippen LogP contribution in [-0.4, -0.2) is 57.6 Å². The Morgan fingerprint density at radius 3 is 2.69 bits per heavy atom. The van der Waals surface area contributed by atoms with Crippen molar-refractivity contribution in [1.82, 2.24) is 25.1 Å². The van der Waals surface area contributed by atoms with Gasteiger partial charge in [0.2, 0.25) is 23.7 Å². The number of nitrogens with zero attached hydrogens (tertiary/aromatic N) is 6. The quantitative estimate of drug-likeness (QED) is 0.222. The van der Waals surface area contributed by atoms with Crippen LogP contribution in [0.4, 0.5) is 28.8 Å². The Morgan fingerprint density at radius 2 is 1.91 bits per heavy atom. The SMILES string of the molecule is CC1CCCN(c2ncc(Cl)c(Nc3ccc4c(c3)CC(=O)N4C)n2)C1.Cn1nc(C2CCC(=O)NC2=O)c2ccc(N)cc21. The molecular weight excluding hydrogens is 594 g/mol. The predicted molar refractivity (Wildman–Crippen MR) is 175 cm³/mol. The number of piperidine rings is 2. The van der Waals surface area contributed by atoms with Gasteiger partial charge in [-0.25, -0.2) is 4.98 Å². The number of carbonyl (C=O) groups is 3. The van der Waals surface area contributed by atoms with Crippen molar-refractivity contribution in [3.05, 3.63) is 58.9 Å². The maximum atomic E-state index is 11.9. The molecule has 2 aromatic carbocycles. The second-order valence-electron chi connectivity index (χ2n) is 11.9. The van der Waals surface area contributed by atoms with Gasteiger partial charge in [0.15, 0.2) is 5.82 Å². The lowest BCUT2D eigenvalue weighted by Crippen LogP contribution is -2.39. The number of amides is 3. The number of halogens is 1. The average Bonchev–Trinajstić information content (AvgIpc) is 3.48. The van der Waals surface area contributed by atoms with E-state index >= 15 is 0 Å². The molecular formula is C32H36ClN9O3. The Bertz CT molecular complexity index is 1810. The first-order chi connectivity index (χ1) is 21.6. The Hall–Kier alpha value is -4.71. The summed E-state index contributed by atoms with van der Waals surface area (Å²) in [5, 5.41) is 11.5. The number of nitrogen functional groups attached to an aromatic ring is 1. The topological polar surface area (TPSA) is 151 Å². The van der Waals surface area contributed by atoms with E-state index in [1.54, 1.807) is 28.9 Å². The molecule has 2 unspecified atom stereocenters. The highest BCUT2D eigenvalue weighted by molar-refractivity contribution is 6.32. The number of anilines is 5. The van der Waals surface area contributed by atoms with Gasteiger partial charge in [-0.15, -0.1) is 0 Å². The van der Waals surface area contributed by atoms with Crippen molar-refractivity contribution in [2.45, 2.75) is 44.9 Å². The summed E-state index contributed by atoms with van der Waals surface area (Å²) in [4.78, 5) is 47.9. The van der Waals surface area contributed by atoms with Crippen molar-refractivity contribution in [3.8, 4) is 0 Å². The third-order valence-corrected chi connectivity index (χ3v) is 8.84. The number of likely N-dealkylation sites (N-methyl/N-ethyl adjacent to an activating group) is 1. The van der Waals surface area contributed by atoms with Gasteiger partial charge < -0.3 is 20.9 Å². The van der Waals surface area contributed by atoms with E-state index in [0.717, 1.165) is 47.4 Å². The van der Waals surface area contributed by atoms with E-state index in [9.17, 15) is 14.4 Å². The number of benzene rings is 2. The van der Waals surface area contributed by atoms with Crippen LogP contribution in [0.15, 0.2) is 42.6 Å². The molecule has 2 aromatic heterocycles. The Balaban J connectivity index is 0.000000167. The Kier molecular flexibility index (Phi) is 8.32. The molecule has 3 amide bonds. The summed E-state index contributed by atoms with van der Waals surface area (Å²) in [6, 6.07) is 11.4. The monoisotopic (exact) mass is 629 g/mol. The molecule has 4 aromatic rings. The normalized spacial score (nSPS) is 19.7. The highest BCUT2D eigenvalue weighted by Gasteiger charge is 2.31. The molecule has 2 atom stereocenters. The standard InChI is InChI=1S/C19H22ClN5O.C13H14N4O2/c1-12-4-3-7-25(11-12)19-21-10-15(20)18(23-19)22-14-5-6-16-13(8-14)9-17(26)24(16)2;1-17-10-6-7(14)2-3-8(10)12(16-17)9-4-5-11(18)15-13(9)19/h5-6,8,10,12H,3-4,7,9,11H2,1-2H3,(H,21,22,23);2-3,6,9H,4-5,14H2,1H3,(H,15,18,19). The summed E-state index contributed by atoms with van der Waals surface area (Å²) in [6.45, 7) is 4.19. The summed E-state index contributed by atoms with van der Waals surface area (Å²) >= 11 is 6.31. The lowest BCUT2D eigenvalue weighted by atomic mass is 9.93. The van der Waals surface area contributed by atoms with Gasteiger partial charge in [-0.1, -0.05) is 18.5 Å². The van der Waals surface area contributed by atoms with Crippen LogP contribution in [0.5, 0.6) is 0 Å². The van der Waals surface area contributed by atoms with Crippen LogP contribution in [0.2, 0.25) is 5.02 Å². The first-order valence-corrected chi connectivity index (χ1v) is 15.4. The average molecular weight is 630 g/mol. The zero-order chi connectivity index (χ0) is 31.8. The van der Waals surface area contributed by atoms with Crippen molar-refractivity contribution in [2.24, 2.45) is 13.0 Å². The van der Waals surface area contributed by atoms with Crippen molar-refractivity contribution in [1.29, 1.82) is 0 Å². The lowest BCUT2D eigenvalue weighted by Gasteiger charge is -2.31. The lowest BCUT2D eigenvalue weighted by molar-refractivity contribution is -0.134. The molecule has 3 aliphatic heterocycles. The summed E-state index contributed by atoms with van der Waals surface area (Å²) in [5.74, 6) is 1.19. The van der Waals surface area contributed by atoms with Crippen molar-refractivity contribution < 1.29 is 14.4 Å². The van der Waals surface area contributed by atoms with Gasteiger partial charge in [0, 0.05) is 56.1 Å². The van der Waals surface area contributed by atoms with Gasteiger partial charge >= 0.3 is 0 Å². The van der Waals surface area contributed by atoms with Gasteiger partial charge in [0.05, 0.1) is 29.7 Å². The van der Waals surface area contributed by atoms with Gasteiger partial charge in [0.1, 0.15) is 5.02 Å². The van der Waals surface area contributed by atoms with Crippen LogP contribution >= 0.6 is 11.6 Å². The smallest absolute Gasteiger partial charge is 0.235 e. The molecule has 45 heavy (non-hydrogen) atoms. The largest absolute Gasteiger partial charge is 0.399 e. The number of aryl methyl sites for hydroxylation is 1. The van der Waals surface area contributed by atoms with Crippen LogP contribution in [0.25, 0.3) is 10.9 Å². The number of nitrogens with one attached hydrogen (secondary N) is 2. The summed E-state index contributed by atoms with van der Waals surface area (Å²) in [7, 11) is 3.62. The number of nitrogens with two attached hydrogens (primary N) is 1. The van der Waals surface area contributed by atoms with E-state index in [-0.39, 0.29) is 23.6 Å². The maximum Gasteiger partial charge on any atom is 0.235 e. The number of fused-ring (bicyclic) bond motifs is 2. The molecule has 0 saturated carbocycles. The Morgan fingerprint density at radius 1 is 1.09 bits per heavy atom. The number of imide groups is 1. The van der Waals surface area contributed by atoms with Crippen LogP contribution < -0.4 is 26.2 Å². The fourth-order valence-electron chi connectivity index (χ4n) is 6.17. The zero-order valence-corrected chi connectivity index (χ0v) is 26.3. The second kappa shape index (κ2) is 12.4. The molecule has 234 valence electrons. The van der Waals surface area contributed by atoms with Crippen LogP contribution in [0, 0.1) is 5.92 Å². The molecule has 2 fully saturated rings. The van der Waals surface area contributed by atoms with Gasteiger partial charge in [-0.05, 0) is 67.1 Å². The zero-order valence-electron chi connectivity index (χ0n) is 25.5. The second-order valence-corrected chi connectivity index (χ2v) is 12.4. The van der Waals surface area contributed by atoms with E-state index in [4.69, 9.17) is 17.3 Å². The molecule has 12 nitrogen and oxygen atoms in total. The molecule has 0 bridgehead atoms. The third-order valence-electron chi connectivity index (χ3n) is 8.56. The molecule has 0 spiro atoms. The van der Waals surface area contributed by atoms with Crippen LogP contribution in [0.3, 0.4) is 0 Å². The molecule has 0 radical (unpaired) electrons. The van der Waals surface area contributed by atoms with E-state index in [1.165, 1.54) is 6.42 Å². The summed E-state index contributed by atoms with van der Waals surface area (Å²) in [6.07, 6.45) is 5.33. The summed E-state index contributed by atoms with van der Waals surface area (Å²) < 4.78 is 1.71. The fraction of sp³-hybridized carbons (Fsp3) is 0.375. The number of carbonyl (C=O) groups excluding carboxylic acids is 3. The maximum absolute atomic E-state index is 11.9. The van der Waals surface area contributed by atoms with E-state index < -0.39 is 0 Å².